The lowest BCUT2D eigenvalue weighted by molar-refractivity contribution is 0.306. The van der Waals surface area contributed by atoms with Gasteiger partial charge in [0.05, 0.1) is 13.2 Å². The average Bonchev–Trinajstić information content (AvgIpc) is 3.05. The molecule has 0 atom stereocenters. The summed E-state index contributed by atoms with van der Waals surface area (Å²) in [4.78, 5) is 0. The fourth-order valence-electron chi connectivity index (χ4n) is 6.73. The highest BCUT2D eigenvalue weighted by Crippen LogP contribution is 2.44. The van der Waals surface area contributed by atoms with Gasteiger partial charge in [-0.15, -0.1) is 0 Å². The average molecular weight is 603 g/mol. The molecule has 0 N–H and O–H groups in total. The summed E-state index contributed by atoms with van der Waals surface area (Å²) in [5.41, 5.74) is 2.86. The van der Waals surface area contributed by atoms with Crippen LogP contribution in [0, 0.1) is 0 Å². The minimum absolute atomic E-state index is 0.783. The molecule has 2 nitrogen and oxygen atoms in total. The van der Waals surface area contributed by atoms with E-state index in [2.05, 4.69) is 64.1 Å². The van der Waals surface area contributed by atoms with Crippen LogP contribution in [0.4, 0.5) is 0 Å². The molecule has 0 bridgehead atoms. The van der Waals surface area contributed by atoms with Gasteiger partial charge in [0.1, 0.15) is 11.5 Å². The summed E-state index contributed by atoms with van der Waals surface area (Å²) in [6.45, 7) is 10.7. The molecule has 0 saturated heterocycles. The van der Waals surface area contributed by atoms with Crippen molar-refractivity contribution in [2.75, 3.05) is 13.2 Å². The summed E-state index contributed by atoms with van der Waals surface area (Å²) in [6.07, 6.45) is 28.9. The molecule has 246 valence electrons. The number of hydrogen-bond donors (Lipinski definition) is 0. The third kappa shape index (κ3) is 11.9. The SMILES string of the molecule is CCCCCCCCCCCCOc1c2ccccc2c(OCCCCCCCCCCCC)c2cc(CC)c(CC)cc12. The Morgan fingerprint density at radius 3 is 1.02 bits per heavy atom. The smallest absolute Gasteiger partial charge is 0.135 e. The molecule has 0 fully saturated rings. The molecule has 2 heteroatoms. The van der Waals surface area contributed by atoms with Gasteiger partial charge in [0, 0.05) is 21.5 Å². The molecular formula is C42H66O2. The molecule has 0 heterocycles. The summed E-state index contributed by atoms with van der Waals surface area (Å²) in [5, 5.41) is 4.83. The van der Waals surface area contributed by atoms with Crippen molar-refractivity contribution in [3.05, 3.63) is 47.5 Å². The van der Waals surface area contributed by atoms with E-state index in [0.29, 0.717) is 0 Å². The Hall–Kier alpha value is -2.22. The lowest BCUT2D eigenvalue weighted by atomic mass is 9.93. The third-order valence-electron chi connectivity index (χ3n) is 9.50. The topological polar surface area (TPSA) is 18.5 Å². The standard InChI is InChI=1S/C42H66O2/c1-5-9-11-13-15-17-19-21-23-27-31-43-41-37-29-25-26-30-38(37)42(40-34-36(8-4)35(7-3)33-39(40)41)44-32-28-24-22-20-18-16-14-12-10-6-2/h25-26,29-30,33-34H,5-24,27-28,31-32H2,1-4H3. The summed E-state index contributed by atoms with van der Waals surface area (Å²) in [5.74, 6) is 2.10. The first-order chi connectivity index (χ1) is 21.7. The summed E-state index contributed by atoms with van der Waals surface area (Å²) < 4.78 is 13.4. The van der Waals surface area contributed by atoms with Crippen LogP contribution in [0.15, 0.2) is 36.4 Å². The third-order valence-corrected chi connectivity index (χ3v) is 9.50. The van der Waals surface area contributed by atoms with Crippen LogP contribution in [0.1, 0.15) is 167 Å². The van der Waals surface area contributed by atoms with Crippen molar-refractivity contribution < 1.29 is 9.47 Å². The molecule has 44 heavy (non-hydrogen) atoms. The molecule has 0 aliphatic rings. The molecule has 3 aromatic carbocycles. The molecule has 0 spiro atoms. The Balaban J connectivity index is 1.63. The zero-order valence-corrected chi connectivity index (χ0v) is 29.3. The van der Waals surface area contributed by atoms with Crippen LogP contribution >= 0.6 is 0 Å². The predicted molar refractivity (Wildman–Crippen MR) is 195 cm³/mol. The van der Waals surface area contributed by atoms with E-state index >= 15 is 0 Å². The van der Waals surface area contributed by atoms with Gasteiger partial charge in [0.25, 0.3) is 0 Å². The second kappa shape index (κ2) is 22.3. The van der Waals surface area contributed by atoms with Gasteiger partial charge < -0.3 is 9.47 Å². The van der Waals surface area contributed by atoms with Crippen LogP contribution in [0.2, 0.25) is 0 Å². The van der Waals surface area contributed by atoms with Crippen molar-refractivity contribution in [3.8, 4) is 11.5 Å². The van der Waals surface area contributed by atoms with E-state index in [4.69, 9.17) is 9.47 Å². The van der Waals surface area contributed by atoms with Gasteiger partial charge in [-0.25, -0.2) is 0 Å². The van der Waals surface area contributed by atoms with Crippen LogP contribution in [-0.2, 0) is 12.8 Å². The lowest BCUT2D eigenvalue weighted by Crippen LogP contribution is -2.03. The lowest BCUT2D eigenvalue weighted by Gasteiger charge is -2.20. The van der Waals surface area contributed by atoms with Crippen LogP contribution in [0.3, 0.4) is 0 Å². The van der Waals surface area contributed by atoms with Crippen molar-refractivity contribution in [2.45, 2.75) is 169 Å². The van der Waals surface area contributed by atoms with Crippen molar-refractivity contribution in [1.29, 1.82) is 0 Å². The Labute approximate surface area is 271 Å². The summed E-state index contributed by atoms with van der Waals surface area (Å²) >= 11 is 0. The molecule has 0 radical (unpaired) electrons. The second-order valence-electron chi connectivity index (χ2n) is 13.1. The Morgan fingerprint density at radius 2 is 0.705 bits per heavy atom. The molecule has 0 unspecified atom stereocenters. The van der Waals surface area contributed by atoms with E-state index in [-0.39, 0.29) is 0 Å². The van der Waals surface area contributed by atoms with Gasteiger partial charge in [-0.2, -0.15) is 0 Å². The van der Waals surface area contributed by atoms with Crippen LogP contribution in [0.5, 0.6) is 11.5 Å². The van der Waals surface area contributed by atoms with Gasteiger partial charge in [-0.1, -0.05) is 168 Å². The quantitative estimate of drug-likeness (QED) is 0.0672. The first-order valence-corrected chi connectivity index (χ1v) is 19.0. The normalized spacial score (nSPS) is 11.5. The Morgan fingerprint density at radius 1 is 0.386 bits per heavy atom. The van der Waals surface area contributed by atoms with E-state index in [1.807, 2.05) is 0 Å². The van der Waals surface area contributed by atoms with Gasteiger partial charge in [0.15, 0.2) is 0 Å². The molecular weight excluding hydrogens is 536 g/mol. The van der Waals surface area contributed by atoms with E-state index in [0.717, 1.165) is 50.4 Å². The monoisotopic (exact) mass is 603 g/mol. The molecule has 3 rings (SSSR count). The van der Waals surface area contributed by atoms with Crippen molar-refractivity contribution in [2.24, 2.45) is 0 Å². The van der Waals surface area contributed by atoms with E-state index in [1.54, 1.807) is 0 Å². The Bertz CT molecular complexity index is 1090. The van der Waals surface area contributed by atoms with Gasteiger partial charge in [-0.05, 0) is 48.9 Å². The van der Waals surface area contributed by atoms with Gasteiger partial charge in [-0.3, -0.25) is 0 Å². The fourth-order valence-corrected chi connectivity index (χ4v) is 6.73. The zero-order valence-electron chi connectivity index (χ0n) is 29.3. The molecule has 0 saturated carbocycles. The van der Waals surface area contributed by atoms with Gasteiger partial charge >= 0.3 is 0 Å². The van der Waals surface area contributed by atoms with Crippen molar-refractivity contribution >= 4 is 21.5 Å². The van der Waals surface area contributed by atoms with E-state index in [9.17, 15) is 0 Å². The van der Waals surface area contributed by atoms with E-state index in [1.165, 1.54) is 148 Å². The fraction of sp³-hybridized carbons (Fsp3) is 0.667. The number of hydrogen-bond acceptors (Lipinski definition) is 2. The number of ether oxygens (including phenoxy) is 2. The maximum Gasteiger partial charge on any atom is 0.135 e. The van der Waals surface area contributed by atoms with E-state index < -0.39 is 0 Å². The van der Waals surface area contributed by atoms with Gasteiger partial charge in [0.2, 0.25) is 0 Å². The van der Waals surface area contributed by atoms with Crippen LogP contribution in [-0.4, -0.2) is 13.2 Å². The van der Waals surface area contributed by atoms with Crippen molar-refractivity contribution in [3.63, 3.8) is 0 Å². The minimum atomic E-state index is 0.783. The van der Waals surface area contributed by atoms with Crippen molar-refractivity contribution in [1.82, 2.24) is 0 Å². The summed E-state index contributed by atoms with van der Waals surface area (Å²) in [6, 6.07) is 13.6. The number of benzene rings is 3. The zero-order chi connectivity index (χ0) is 31.2. The largest absolute Gasteiger partial charge is 0.492 e. The number of aryl methyl sites for hydroxylation is 2. The molecule has 0 aliphatic heterocycles. The molecule has 0 amide bonds. The Kier molecular flexibility index (Phi) is 18.4. The van der Waals surface area contributed by atoms with Crippen LogP contribution < -0.4 is 9.47 Å². The highest BCUT2D eigenvalue weighted by molar-refractivity contribution is 6.11. The first-order valence-electron chi connectivity index (χ1n) is 19.0. The maximum atomic E-state index is 6.69. The van der Waals surface area contributed by atoms with Crippen LogP contribution in [0.25, 0.3) is 21.5 Å². The first kappa shape index (κ1) is 36.3. The molecule has 3 aromatic rings. The summed E-state index contributed by atoms with van der Waals surface area (Å²) in [7, 11) is 0. The second-order valence-corrected chi connectivity index (χ2v) is 13.1. The predicted octanol–water partition coefficient (Wildman–Crippen LogP) is 13.7. The number of unbranched alkanes of at least 4 members (excludes halogenated alkanes) is 18. The number of rotatable bonds is 26. The highest BCUT2D eigenvalue weighted by atomic mass is 16.5. The molecule has 0 aromatic heterocycles. The number of fused-ring (bicyclic) bond motifs is 2. The maximum absolute atomic E-state index is 6.69. The minimum Gasteiger partial charge on any atom is -0.492 e. The highest BCUT2D eigenvalue weighted by Gasteiger charge is 2.18. The molecule has 0 aliphatic carbocycles.